The molecule has 0 heterocycles. The lowest BCUT2D eigenvalue weighted by Crippen LogP contribution is -2.22. The highest BCUT2D eigenvalue weighted by molar-refractivity contribution is 9.10. The third-order valence-corrected chi connectivity index (χ3v) is 4.03. The molecule has 3 N–H and O–H groups in total. The predicted octanol–water partition coefficient (Wildman–Crippen LogP) is 4.66. The van der Waals surface area contributed by atoms with Crippen molar-refractivity contribution >= 4 is 33.2 Å². The molecule has 0 saturated heterocycles. The van der Waals surface area contributed by atoms with Gasteiger partial charge in [-0.05, 0) is 46.6 Å². The van der Waals surface area contributed by atoms with Gasteiger partial charge in [0.2, 0.25) is 0 Å². The minimum atomic E-state index is -0.430. The van der Waals surface area contributed by atoms with E-state index in [1.165, 1.54) is 6.07 Å². The first-order chi connectivity index (χ1) is 9.52. The molecule has 2 aromatic carbocycles. The number of nitrogens with one attached hydrogen (secondary N) is 1. The minimum absolute atomic E-state index is 0.103. The summed E-state index contributed by atoms with van der Waals surface area (Å²) in [6.07, 6.45) is 0. The summed E-state index contributed by atoms with van der Waals surface area (Å²) in [5, 5.41) is 3.35. The zero-order valence-corrected chi connectivity index (χ0v) is 13.3. The summed E-state index contributed by atoms with van der Waals surface area (Å²) in [5.74, 6) is -0.430. The van der Waals surface area contributed by atoms with Gasteiger partial charge in [0.25, 0.3) is 0 Å². The van der Waals surface area contributed by atoms with Crippen LogP contribution in [-0.4, -0.2) is 6.54 Å². The molecule has 0 aliphatic rings. The van der Waals surface area contributed by atoms with Crippen LogP contribution in [0, 0.1) is 12.7 Å². The van der Waals surface area contributed by atoms with Gasteiger partial charge in [0, 0.05) is 22.3 Å². The van der Waals surface area contributed by atoms with E-state index in [1.54, 1.807) is 12.1 Å². The Labute approximate surface area is 131 Å². The second kappa shape index (κ2) is 6.57. The van der Waals surface area contributed by atoms with Crippen molar-refractivity contribution in [2.24, 2.45) is 5.73 Å². The lowest BCUT2D eigenvalue weighted by molar-refractivity contribution is 0.594. The summed E-state index contributed by atoms with van der Waals surface area (Å²) in [7, 11) is 0. The maximum Gasteiger partial charge on any atom is 0.147 e. The zero-order valence-electron chi connectivity index (χ0n) is 11.0. The van der Waals surface area contributed by atoms with Gasteiger partial charge in [-0.3, -0.25) is 0 Å². The Morgan fingerprint density at radius 2 is 2.10 bits per heavy atom. The first kappa shape index (κ1) is 15.3. The Balaban J connectivity index is 2.34. The molecule has 5 heteroatoms. The van der Waals surface area contributed by atoms with Crippen LogP contribution in [0.5, 0.6) is 0 Å². The van der Waals surface area contributed by atoms with Crippen LogP contribution in [0.2, 0.25) is 5.02 Å². The van der Waals surface area contributed by atoms with Crippen LogP contribution in [0.15, 0.2) is 40.9 Å². The van der Waals surface area contributed by atoms with Crippen molar-refractivity contribution in [2.45, 2.75) is 13.0 Å². The van der Waals surface area contributed by atoms with Gasteiger partial charge in [0.05, 0.1) is 11.1 Å². The first-order valence-corrected chi connectivity index (χ1v) is 7.36. The van der Waals surface area contributed by atoms with Crippen molar-refractivity contribution in [3.63, 3.8) is 0 Å². The number of halogens is 3. The largest absolute Gasteiger partial charge is 0.376 e. The Morgan fingerprint density at radius 1 is 1.35 bits per heavy atom. The average molecular weight is 358 g/mol. The highest BCUT2D eigenvalue weighted by Crippen LogP contribution is 2.29. The fraction of sp³-hybridized carbons (Fsp3) is 0.200. The molecule has 0 radical (unpaired) electrons. The highest BCUT2D eigenvalue weighted by Gasteiger charge is 2.17. The number of aryl methyl sites for hydroxylation is 1. The van der Waals surface area contributed by atoms with E-state index in [4.69, 9.17) is 17.3 Å². The molecule has 1 unspecified atom stereocenters. The molecule has 2 aromatic rings. The van der Waals surface area contributed by atoms with Crippen molar-refractivity contribution in [3.05, 3.63) is 62.8 Å². The van der Waals surface area contributed by atoms with E-state index in [9.17, 15) is 4.39 Å². The summed E-state index contributed by atoms with van der Waals surface area (Å²) in [6.45, 7) is 2.26. The summed E-state index contributed by atoms with van der Waals surface area (Å²) in [4.78, 5) is 0. The van der Waals surface area contributed by atoms with E-state index in [0.717, 1.165) is 15.7 Å². The number of hydrogen-bond acceptors (Lipinski definition) is 2. The van der Waals surface area contributed by atoms with E-state index in [1.807, 2.05) is 25.1 Å². The maximum atomic E-state index is 14.1. The number of anilines is 1. The zero-order chi connectivity index (χ0) is 14.7. The molecule has 0 amide bonds. The van der Waals surface area contributed by atoms with Crippen molar-refractivity contribution in [2.75, 3.05) is 11.9 Å². The average Bonchev–Trinajstić information content (AvgIpc) is 2.43. The van der Waals surface area contributed by atoms with Crippen LogP contribution in [0.4, 0.5) is 10.1 Å². The minimum Gasteiger partial charge on any atom is -0.376 e. The van der Waals surface area contributed by atoms with Crippen molar-refractivity contribution in [3.8, 4) is 0 Å². The van der Waals surface area contributed by atoms with Crippen molar-refractivity contribution < 1.29 is 4.39 Å². The molecule has 0 fully saturated rings. The van der Waals surface area contributed by atoms with Crippen LogP contribution in [0.25, 0.3) is 0 Å². The normalized spacial score (nSPS) is 12.2. The van der Waals surface area contributed by atoms with Crippen LogP contribution < -0.4 is 11.1 Å². The Morgan fingerprint density at radius 3 is 2.80 bits per heavy atom. The number of benzene rings is 2. The quantitative estimate of drug-likeness (QED) is 0.835. The molecule has 20 heavy (non-hydrogen) atoms. The third kappa shape index (κ3) is 3.32. The van der Waals surface area contributed by atoms with Gasteiger partial charge in [-0.2, -0.15) is 0 Å². The number of rotatable bonds is 4. The van der Waals surface area contributed by atoms with Crippen LogP contribution in [0.1, 0.15) is 17.2 Å². The van der Waals surface area contributed by atoms with Crippen LogP contribution >= 0.6 is 27.5 Å². The monoisotopic (exact) mass is 356 g/mol. The molecule has 0 aliphatic carbocycles. The van der Waals surface area contributed by atoms with E-state index >= 15 is 0 Å². The van der Waals surface area contributed by atoms with E-state index in [2.05, 4.69) is 21.2 Å². The molecule has 1 atom stereocenters. The molecule has 0 saturated carbocycles. The van der Waals surface area contributed by atoms with Gasteiger partial charge in [-0.1, -0.05) is 29.8 Å². The lowest BCUT2D eigenvalue weighted by atomic mass is 10.1. The molecule has 0 bridgehead atoms. The lowest BCUT2D eigenvalue weighted by Gasteiger charge is -2.21. The molecule has 2 nitrogen and oxygen atoms in total. The standard InChI is InChI=1S/C15H15BrClFN2/c1-9-5-6-11(16)13(7-9)20-14(8-19)10-3-2-4-12(17)15(10)18/h2-7,14,20H,8,19H2,1H3. The summed E-state index contributed by atoms with van der Waals surface area (Å²) in [5.41, 5.74) is 8.22. The number of hydrogen-bond donors (Lipinski definition) is 2. The highest BCUT2D eigenvalue weighted by atomic mass is 79.9. The van der Waals surface area contributed by atoms with Crippen LogP contribution in [0.3, 0.4) is 0 Å². The van der Waals surface area contributed by atoms with Gasteiger partial charge in [-0.25, -0.2) is 4.39 Å². The topological polar surface area (TPSA) is 38.0 Å². The van der Waals surface area contributed by atoms with Crippen molar-refractivity contribution in [1.29, 1.82) is 0 Å². The van der Waals surface area contributed by atoms with E-state index in [-0.39, 0.29) is 17.6 Å². The van der Waals surface area contributed by atoms with E-state index in [0.29, 0.717) is 5.56 Å². The molecule has 106 valence electrons. The summed E-state index contributed by atoms with van der Waals surface area (Å²) >= 11 is 9.29. The van der Waals surface area contributed by atoms with Crippen LogP contribution in [-0.2, 0) is 0 Å². The Bertz CT molecular complexity index is 619. The van der Waals surface area contributed by atoms with Gasteiger partial charge >= 0.3 is 0 Å². The fourth-order valence-electron chi connectivity index (χ4n) is 1.99. The van der Waals surface area contributed by atoms with Gasteiger partial charge in [0.1, 0.15) is 5.82 Å². The van der Waals surface area contributed by atoms with E-state index < -0.39 is 5.82 Å². The molecular weight excluding hydrogens is 343 g/mol. The summed E-state index contributed by atoms with van der Waals surface area (Å²) < 4.78 is 15.0. The Kier molecular flexibility index (Phi) is 5.02. The number of nitrogens with two attached hydrogens (primary N) is 1. The molecule has 0 aromatic heterocycles. The Hall–Kier alpha value is -1.10. The third-order valence-electron chi connectivity index (χ3n) is 3.04. The molecule has 0 aliphatic heterocycles. The maximum absolute atomic E-state index is 14.1. The fourth-order valence-corrected chi connectivity index (χ4v) is 2.53. The SMILES string of the molecule is Cc1ccc(Br)c(NC(CN)c2cccc(Cl)c2F)c1. The second-order valence-electron chi connectivity index (χ2n) is 4.56. The van der Waals surface area contributed by atoms with Gasteiger partial charge in [-0.15, -0.1) is 0 Å². The summed E-state index contributed by atoms with van der Waals surface area (Å²) in [6, 6.07) is 10.5. The predicted molar refractivity (Wildman–Crippen MR) is 85.7 cm³/mol. The second-order valence-corrected chi connectivity index (χ2v) is 5.82. The molecular formula is C15H15BrClFN2. The first-order valence-electron chi connectivity index (χ1n) is 6.19. The van der Waals surface area contributed by atoms with Gasteiger partial charge in [0.15, 0.2) is 0 Å². The van der Waals surface area contributed by atoms with Gasteiger partial charge < -0.3 is 11.1 Å². The molecule has 0 spiro atoms. The molecule has 2 rings (SSSR count). The van der Waals surface area contributed by atoms with Crippen molar-refractivity contribution in [1.82, 2.24) is 0 Å². The smallest absolute Gasteiger partial charge is 0.147 e.